The van der Waals surface area contributed by atoms with Crippen LogP contribution in [-0.4, -0.2) is 137 Å². The topological polar surface area (TPSA) is 250 Å². The third-order valence-electron chi connectivity index (χ3n) is 5.09. The van der Waals surface area contributed by atoms with E-state index in [1.807, 2.05) is 0 Å². The van der Waals surface area contributed by atoms with Crippen LogP contribution in [0.4, 0.5) is 0 Å². The molecule has 2 saturated heterocycles. The summed E-state index contributed by atoms with van der Waals surface area (Å²) in [7, 11) is 0. The molecule has 2 aliphatic heterocycles. The molecule has 14 heteroatoms. The summed E-state index contributed by atoms with van der Waals surface area (Å²) in [5, 5.41) is 100. The van der Waals surface area contributed by atoms with Crippen LogP contribution < -0.4 is 5.32 Å². The molecule has 2 aliphatic rings. The molecule has 170 valence electrons. The fourth-order valence-corrected chi connectivity index (χ4v) is 3.36. The first-order chi connectivity index (χ1) is 13.5. The Morgan fingerprint density at radius 2 is 1.72 bits per heavy atom. The van der Waals surface area contributed by atoms with Crippen molar-refractivity contribution in [1.82, 2.24) is 5.32 Å². The minimum absolute atomic E-state index is 0.735. The first-order valence-corrected chi connectivity index (χ1v) is 8.82. The van der Waals surface area contributed by atoms with Gasteiger partial charge in [0.15, 0.2) is 0 Å². The number of nitrogens with one attached hydrogen (secondary N) is 1. The van der Waals surface area contributed by atoms with Crippen molar-refractivity contribution in [2.24, 2.45) is 0 Å². The highest BCUT2D eigenvalue weighted by atomic mass is 16.7. The van der Waals surface area contributed by atoms with Crippen LogP contribution in [0.25, 0.3) is 0 Å². The summed E-state index contributed by atoms with van der Waals surface area (Å²) in [5.74, 6) is -4.80. The van der Waals surface area contributed by atoms with Crippen LogP contribution in [0, 0.1) is 0 Å². The van der Waals surface area contributed by atoms with Gasteiger partial charge in [0.05, 0.1) is 25.4 Å². The van der Waals surface area contributed by atoms with Gasteiger partial charge in [0.2, 0.25) is 0 Å². The summed E-state index contributed by atoms with van der Waals surface area (Å²) in [6.45, 7) is -1.70. The number of carboxylic acid groups (broad SMARTS) is 1. The number of carbonyl (C=O) groups is 1. The normalized spacial score (nSPS) is 45.6. The minimum atomic E-state index is -2.92. The fraction of sp³-hybridized carbons (Fsp3) is 0.933. The van der Waals surface area contributed by atoms with Crippen LogP contribution in [-0.2, 0) is 14.3 Å². The van der Waals surface area contributed by atoms with Crippen molar-refractivity contribution >= 4 is 5.97 Å². The highest BCUT2D eigenvalue weighted by molar-refractivity contribution is 5.75. The number of carboxylic acids is 1. The van der Waals surface area contributed by atoms with E-state index in [0.29, 0.717) is 0 Å². The van der Waals surface area contributed by atoms with Gasteiger partial charge in [0, 0.05) is 6.42 Å². The zero-order valence-electron chi connectivity index (χ0n) is 15.1. The number of hydrogen-bond acceptors (Lipinski definition) is 13. The average Bonchev–Trinajstić information content (AvgIpc) is 2.68. The minimum Gasteiger partial charge on any atom is -0.477 e. The van der Waals surface area contributed by atoms with Gasteiger partial charge in [-0.1, -0.05) is 0 Å². The van der Waals surface area contributed by atoms with Crippen LogP contribution in [0.2, 0.25) is 0 Å². The first-order valence-electron chi connectivity index (χ1n) is 8.82. The molecule has 0 radical (unpaired) electrons. The molecular weight excluding hydrogens is 402 g/mol. The van der Waals surface area contributed by atoms with Crippen molar-refractivity contribution in [2.45, 2.75) is 73.3 Å². The van der Waals surface area contributed by atoms with E-state index in [9.17, 15) is 45.6 Å². The number of aliphatic hydroxyl groups is 9. The van der Waals surface area contributed by atoms with Crippen molar-refractivity contribution < 1.29 is 65.3 Å². The second kappa shape index (κ2) is 9.42. The van der Waals surface area contributed by atoms with Gasteiger partial charge in [-0.05, 0) is 0 Å². The fourth-order valence-electron chi connectivity index (χ4n) is 3.36. The predicted molar refractivity (Wildman–Crippen MR) is 87.9 cm³/mol. The molecule has 0 amide bonds. The first kappa shape index (κ1) is 24.3. The summed E-state index contributed by atoms with van der Waals surface area (Å²) < 4.78 is 10.2. The summed E-state index contributed by atoms with van der Waals surface area (Å²) in [5.41, 5.74) is 0. The van der Waals surface area contributed by atoms with E-state index in [4.69, 9.17) is 19.7 Å². The molecule has 11 N–H and O–H groups in total. The maximum absolute atomic E-state index is 11.3. The number of aliphatic carboxylic acids is 1. The van der Waals surface area contributed by atoms with Crippen molar-refractivity contribution in [2.75, 3.05) is 13.2 Å². The van der Waals surface area contributed by atoms with Crippen LogP contribution >= 0.6 is 0 Å². The van der Waals surface area contributed by atoms with Gasteiger partial charge in [-0.3, -0.25) is 5.32 Å². The van der Waals surface area contributed by atoms with E-state index in [0.717, 1.165) is 0 Å². The largest absolute Gasteiger partial charge is 0.477 e. The van der Waals surface area contributed by atoms with E-state index in [-0.39, 0.29) is 0 Å². The average molecular weight is 429 g/mol. The lowest BCUT2D eigenvalue weighted by atomic mass is 9.88. The molecule has 0 spiro atoms. The second-order valence-electron chi connectivity index (χ2n) is 7.13. The van der Waals surface area contributed by atoms with Crippen LogP contribution in [0.5, 0.6) is 0 Å². The lowest BCUT2D eigenvalue weighted by molar-refractivity contribution is -0.303. The maximum atomic E-state index is 11.3. The smallest absolute Gasteiger partial charge is 0.364 e. The zero-order valence-corrected chi connectivity index (χ0v) is 15.1. The number of ether oxygens (including phenoxy) is 2. The lowest BCUT2D eigenvalue weighted by Gasteiger charge is -2.48. The van der Waals surface area contributed by atoms with Crippen molar-refractivity contribution in [3.05, 3.63) is 0 Å². The van der Waals surface area contributed by atoms with E-state index in [2.05, 4.69) is 5.32 Å². The third kappa shape index (κ3) is 4.84. The third-order valence-corrected chi connectivity index (χ3v) is 5.09. The highest BCUT2D eigenvalue weighted by Crippen LogP contribution is 2.32. The Bertz CT molecular complexity index is 564. The van der Waals surface area contributed by atoms with E-state index in [1.54, 1.807) is 0 Å². The van der Waals surface area contributed by atoms with Crippen LogP contribution in [0.3, 0.4) is 0 Å². The molecule has 2 heterocycles. The van der Waals surface area contributed by atoms with Crippen molar-refractivity contribution in [3.8, 4) is 0 Å². The van der Waals surface area contributed by atoms with Crippen LogP contribution in [0.15, 0.2) is 0 Å². The zero-order chi connectivity index (χ0) is 22.1. The van der Waals surface area contributed by atoms with E-state index in [1.165, 1.54) is 0 Å². The number of rotatable bonds is 7. The molecule has 0 aromatic rings. The maximum Gasteiger partial charge on any atom is 0.364 e. The summed E-state index contributed by atoms with van der Waals surface area (Å²) in [6, 6.07) is -1.48. The molecule has 0 aromatic heterocycles. The Morgan fingerprint density at radius 3 is 2.24 bits per heavy atom. The van der Waals surface area contributed by atoms with E-state index < -0.39 is 92.5 Å². The quantitative estimate of drug-likeness (QED) is 0.180. The SMILES string of the molecule is O=C(O)[C@@]1(O)C[C@H](O)[C@@H](N[C@@H]2O[C@H](CO)[C@@H](O)[C@H](O)[C@H]2O)[C@H]([C@H](O)[C@H](O)CO)O1. The van der Waals surface area contributed by atoms with Crippen LogP contribution in [0.1, 0.15) is 6.42 Å². The molecule has 0 saturated carbocycles. The molecule has 14 nitrogen and oxygen atoms in total. The monoisotopic (exact) mass is 429 g/mol. The molecular formula is C15H27NO13. The number of hydrogen-bond donors (Lipinski definition) is 11. The molecule has 0 aromatic carbocycles. The van der Waals surface area contributed by atoms with Gasteiger partial charge in [0.1, 0.15) is 49.0 Å². The number of aliphatic hydroxyl groups excluding tert-OH is 8. The van der Waals surface area contributed by atoms with Crippen molar-refractivity contribution in [3.63, 3.8) is 0 Å². The van der Waals surface area contributed by atoms with Gasteiger partial charge in [0.25, 0.3) is 5.79 Å². The molecule has 0 bridgehead atoms. The Labute approximate surface area is 164 Å². The summed E-state index contributed by atoms with van der Waals surface area (Å²) >= 11 is 0. The lowest BCUT2D eigenvalue weighted by Crippen LogP contribution is -2.71. The molecule has 11 atom stereocenters. The highest BCUT2D eigenvalue weighted by Gasteiger charge is 2.55. The molecule has 0 unspecified atom stereocenters. The Morgan fingerprint density at radius 1 is 1.10 bits per heavy atom. The molecule has 0 aliphatic carbocycles. The van der Waals surface area contributed by atoms with E-state index >= 15 is 0 Å². The molecule has 2 fully saturated rings. The van der Waals surface area contributed by atoms with Gasteiger partial charge in [-0.15, -0.1) is 0 Å². The Balaban J connectivity index is 2.28. The standard InChI is InChI=1S/C15H27NO13/c17-2-5(20)8(21)12-7(4(19)1-15(27,29-12)14(25)26)16-13-11(24)10(23)9(22)6(3-18)28-13/h4-13,16-24,27H,1-3H2,(H,25,26)/t4-,5+,6+,7+,8+,9+,10-,11+,12+,13+,15+/m0/s1. The predicted octanol–water partition coefficient (Wildman–Crippen LogP) is -6.62. The van der Waals surface area contributed by atoms with Gasteiger partial charge < -0.3 is 60.5 Å². The van der Waals surface area contributed by atoms with Gasteiger partial charge in [-0.25, -0.2) is 4.79 Å². The summed E-state index contributed by atoms with van der Waals surface area (Å²) in [6.07, 6.45) is -16.3. The Kier molecular flexibility index (Phi) is 7.88. The van der Waals surface area contributed by atoms with Gasteiger partial charge in [-0.2, -0.15) is 0 Å². The van der Waals surface area contributed by atoms with Crippen molar-refractivity contribution in [1.29, 1.82) is 0 Å². The molecule has 2 rings (SSSR count). The van der Waals surface area contributed by atoms with Gasteiger partial charge >= 0.3 is 5.97 Å². The second-order valence-corrected chi connectivity index (χ2v) is 7.13. The molecule has 29 heavy (non-hydrogen) atoms. The Hall–Kier alpha value is -1.01. The summed E-state index contributed by atoms with van der Waals surface area (Å²) in [4.78, 5) is 11.3.